The maximum atomic E-state index is 5.93. The molecule has 0 saturated heterocycles. The molecule has 1 aliphatic heterocycles. The van der Waals surface area contributed by atoms with E-state index in [1.807, 2.05) is 0 Å². The molecule has 0 amide bonds. The Morgan fingerprint density at radius 1 is 0.955 bits per heavy atom. The Balaban J connectivity index is 1.22. The average Bonchev–Trinajstić information content (AvgIpc) is 2.53. The van der Waals surface area contributed by atoms with E-state index in [1.165, 1.54) is 37.8 Å². The highest BCUT2D eigenvalue weighted by atomic mass is 16.5. The first kappa shape index (κ1) is 13.4. The fourth-order valence-electron chi connectivity index (χ4n) is 6.13. The third kappa shape index (κ3) is 2.27. The van der Waals surface area contributed by atoms with Crippen LogP contribution in [-0.4, -0.2) is 19.2 Å². The number of hydrogen-bond acceptors (Lipinski definition) is 2. The van der Waals surface area contributed by atoms with Crippen molar-refractivity contribution >= 4 is 0 Å². The van der Waals surface area contributed by atoms with Gasteiger partial charge < -0.3 is 10.1 Å². The van der Waals surface area contributed by atoms with Gasteiger partial charge in [-0.05, 0) is 86.3 Å². The minimum Gasteiger partial charge on any atom is -0.492 e. The van der Waals surface area contributed by atoms with Crippen molar-refractivity contribution in [3.8, 4) is 5.75 Å². The van der Waals surface area contributed by atoms with E-state index >= 15 is 0 Å². The van der Waals surface area contributed by atoms with Crippen molar-refractivity contribution in [3.63, 3.8) is 0 Å². The van der Waals surface area contributed by atoms with E-state index in [-0.39, 0.29) is 0 Å². The van der Waals surface area contributed by atoms with Crippen LogP contribution in [0.25, 0.3) is 0 Å². The number of benzene rings is 1. The van der Waals surface area contributed by atoms with Gasteiger partial charge in [0.25, 0.3) is 0 Å². The minimum absolute atomic E-state index is 0.507. The molecule has 22 heavy (non-hydrogen) atoms. The second-order valence-corrected chi connectivity index (χ2v) is 8.32. The molecule has 0 aromatic heterocycles. The van der Waals surface area contributed by atoms with Gasteiger partial charge in [0.2, 0.25) is 0 Å². The van der Waals surface area contributed by atoms with Crippen molar-refractivity contribution in [2.75, 3.05) is 13.2 Å². The van der Waals surface area contributed by atoms with Gasteiger partial charge in [-0.25, -0.2) is 0 Å². The summed E-state index contributed by atoms with van der Waals surface area (Å²) < 4.78 is 5.93. The Kier molecular flexibility index (Phi) is 3.21. The van der Waals surface area contributed by atoms with Crippen molar-refractivity contribution in [3.05, 3.63) is 29.8 Å². The standard InChI is InChI=1S/C20H27NO/c1-2-4-20-15(3-1)10-18(12-22-20)21-11-19-16-6-13-5-14(8-16)9-17(19)7-13/h1-4,13-14,16-19,21H,5-12H2. The lowest BCUT2D eigenvalue weighted by Gasteiger charge is -2.54. The Bertz CT molecular complexity index is 526. The largest absolute Gasteiger partial charge is 0.492 e. The predicted octanol–water partition coefficient (Wildman–Crippen LogP) is 3.65. The van der Waals surface area contributed by atoms with Crippen LogP contribution >= 0.6 is 0 Å². The molecule has 1 aromatic carbocycles. The van der Waals surface area contributed by atoms with Crippen molar-refractivity contribution < 1.29 is 4.74 Å². The first-order valence-electron chi connectivity index (χ1n) is 9.29. The number of ether oxygens (including phenoxy) is 1. The molecular weight excluding hydrogens is 270 g/mol. The van der Waals surface area contributed by atoms with E-state index in [9.17, 15) is 0 Å². The highest BCUT2D eigenvalue weighted by Crippen LogP contribution is 2.56. The molecule has 6 rings (SSSR count). The average molecular weight is 297 g/mol. The topological polar surface area (TPSA) is 21.3 Å². The molecule has 2 nitrogen and oxygen atoms in total. The summed E-state index contributed by atoms with van der Waals surface area (Å²) >= 11 is 0. The van der Waals surface area contributed by atoms with Crippen molar-refractivity contribution in [2.45, 2.75) is 44.6 Å². The third-order valence-corrected chi connectivity index (χ3v) is 6.94. The molecule has 118 valence electrons. The van der Waals surface area contributed by atoms with Crippen LogP contribution in [0.2, 0.25) is 0 Å². The molecule has 4 aliphatic carbocycles. The van der Waals surface area contributed by atoms with E-state index in [0.29, 0.717) is 6.04 Å². The van der Waals surface area contributed by atoms with Gasteiger partial charge in [-0.3, -0.25) is 0 Å². The van der Waals surface area contributed by atoms with Crippen LogP contribution in [0.5, 0.6) is 5.75 Å². The maximum Gasteiger partial charge on any atom is 0.122 e. The minimum atomic E-state index is 0.507. The Morgan fingerprint density at radius 3 is 2.45 bits per heavy atom. The Labute approximate surface area is 133 Å². The maximum absolute atomic E-state index is 5.93. The van der Waals surface area contributed by atoms with Crippen LogP contribution in [0.15, 0.2) is 24.3 Å². The number of fused-ring (bicyclic) bond motifs is 1. The summed E-state index contributed by atoms with van der Waals surface area (Å²) in [4.78, 5) is 0. The zero-order valence-corrected chi connectivity index (χ0v) is 13.3. The summed E-state index contributed by atoms with van der Waals surface area (Å²) in [6, 6.07) is 9.02. The lowest BCUT2D eigenvalue weighted by atomic mass is 9.52. The van der Waals surface area contributed by atoms with E-state index in [1.54, 1.807) is 6.42 Å². The molecule has 1 heterocycles. The molecule has 4 bridgehead atoms. The monoisotopic (exact) mass is 297 g/mol. The van der Waals surface area contributed by atoms with Crippen molar-refractivity contribution in [1.82, 2.24) is 5.32 Å². The van der Waals surface area contributed by atoms with Crippen LogP contribution in [0.4, 0.5) is 0 Å². The summed E-state index contributed by atoms with van der Waals surface area (Å²) in [5.41, 5.74) is 1.37. The van der Waals surface area contributed by atoms with Gasteiger partial charge in [0.1, 0.15) is 12.4 Å². The highest BCUT2D eigenvalue weighted by Gasteiger charge is 2.47. The summed E-state index contributed by atoms with van der Waals surface area (Å²) in [6.45, 7) is 2.06. The molecule has 4 fully saturated rings. The zero-order chi connectivity index (χ0) is 14.5. The Morgan fingerprint density at radius 2 is 1.68 bits per heavy atom. The fraction of sp³-hybridized carbons (Fsp3) is 0.700. The second kappa shape index (κ2) is 5.26. The molecule has 1 unspecified atom stereocenters. The quantitative estimate of drug-likeness (QED) is 0.919. The van der Waals surface area contributed by atoms with Gasteiger partial charge in [0.05, 0.1) is 0 Å². The summed E-state index contributed by atoms with van der Waals surface area (Å²) in [6.07, 6.45) is 8.81. The second-order valence-electron chi connectivity index (χ2n) is 8.32. The first-order valence-corrected chi connectivity index (χ1v) is 9.29. The first-order chi connectivity index (χ1) is 10.8. The van der Waals surface area contributed by atoms with Gasteiger partial charge in [-0.1, -0.05) is 18.2 Å². The molecular formula is C20H27NO. The van der Waals surface area contributed by atoms with Gasteiger partial charge in [0.15, 0.2) is 0 Å². The summed E-state index contributed by atoms with van der Waals surface area (Å²) in [7, 11) is 0. The lowest BCUT2D eigenvalue weighted by molar-refractivity contribution is -0.0368. The molecule has 1 atom stereocenters. The number of para-hydroxylation sites is 1. The summed E-state index contributed by atoms with van der Waals surface area (Å²) in [5.74, 6) is 6.27. The van der Waals surface area contributed by atoms with Crippen LogP contribution in [-0.2, 0) is 6.42 Å². The summed E-state index contributed by atoms with van der Waals surface area (Å²) in [5, 5.41) is 3.87. The van der Waals surface area contributed by atoms with Gasteiger partial charge in [-0.2, -0.15) is 0 Å². The van der Waals surface area contributed by atoms with Crippen LogP contribution < -0.4 is 10.1 Å². The predicted molar refractivity (Wildman–Crippen MR) is 88.0 cm³/mol. The van der Waals surface area contributed by atoms with Crippen LogP contribution in [0.3, 0.4) is 0 Å². The fourth-order valence-corrected chi connectivity index (χ4v) is 6.13. The molecule has 1 N–H and O–H groups in total. The van der Waals surface area contributed by atoms with E-state index in [2.05, 4.69) is 29.6 Å². The SMILES string of the molecule is c1ccc2c(c1)CC(NCC1C3CC4CC(C3)CC1C4)CO2. The van der Waals surface area contributed by atoms with E-state index in [0.717, 1.165) is 48.4 Å². The van der Waals surface area contributed by atoms with E-state index in [4.69, 9.17) is 4.74 Å². The smallest absolute Gasteiger partial charge is 0.122 e. The Hall–Kier alpha value is -1.02. The number of nitrogens with one attached hydrogen (secondary N) is 1. The molecule has 1 aromatic rings. The zero-order valence-electron chi connectivity index (χ0n) is 13.3. The highest BCUT2D eigenvalue weighted by molar-refractivity contribution is 5.35. The van der Waals surface area contributed by atoms with E-state index < -0.39 is 0 Å². The number of rotatable bonds is 3. The van der Waals surface area contributed by atoms with Gasteiger partial charge >= 0.3 is 0 Å². The third-order valence-electron chi connectivity index (χ3n) is 6.94. The number of hydrogen-bond donors (Lipinski definition) is 1. The van der Waals surface area contributed by atoms with Crippen LogP contribution in [0.1, 0.15) is 37.7 Å². The normalized spacial score (nSPS) is 42.0. The molecule has 0 radical (unpaired) electrons. The van der Waals surface area contributed by atoms with Crippen LogP contribution in [0, 0.1) is 29.6 Å². The lowest BCUT2D eigenvalue weighted by Crippen LogP contribution is -2.50. The van der Waals surface area contributed by atoms with Crippen molar-refractivity contribution in [1.29, 1.82) is 0 Å². The van der Waals surface area contributed by atoms with Gasteiger partial charge in [-0.15, -0.1) is 0 Å². The van der Waals surface area contributed by atoms with Crippen molar-refractivity contribution in [2.24, 2.45) is 29.6 Å². The van der Waals surface area contributed by atoms with Gasteiger partial charge in [0, 0.05) is 6.04 Å². The molecule has 4 saturated carbocycles. The molecule has 5 aliphatic rings. The molecule has 2 heteroatoms. The molecule has 0 spiro atoms.